The summed E-state index contributed by atoms with van der Waals surface area (Å²) in [7, 11) is -4.63. The summed E-state index contributed by atoms with van der Waals surface area (Å²) in [5, 5.41) is 2.34. The molecule has 162 valence electrons. The van der Waals surface area contributed by atoms with Crippen molar-refractivity contribution >= 4 is 27.7 Å². The fourth-order valence-electron chi connectivity index (χ4n) is 3.12. The van der Waals surface area contributed by atoms with Gasteiger partial charge in [0, 0.05) is 23.9 Å². The summed E-state index contributed by atoms with van der Waals surface area (Å²) in [5.74, 6) is -3.14. The van der Waals surface area contributed by atoms with E-state index in [9.17, 15) is 35.2 Å². The van der Waals surface area contributed by atoms with Crippen molar-refractivity contribution in [2.75, 3.05) is 5.32 Å². The molecule has 0 saturated heterocycles. The molecule has 2 N–H and O–H groups in total. The summed E-state index contributed by atoms with van der Waals surface area (Å²) in [4.78, 5) is 12.3. The van der Waals surface area contributed by atoms with Crippen LogP contribution < -0.4 is 10.0 Å². The molecule has 1 unspecified atom stereocenters. The van der Waals surface area contributed by atoms with Gasteiger partial charge in [-0.25, -0.2) is 17.2 Å². The Labute approximate surface area is 168 Å². The van der Waals surface area contributed by atoms with Crippen LogP contribution in [-0.4, -0.2) is 31.1 Å². The second-order valence-corrected chi connectivity index (χ2v) is 8.32. The van der Waals surface area contributed by atoms with Gasteiger partial charge in [-0.2, -0.15) is 17.9 Å². The average Bonchev–Trinajstić information content (AvgIpc) is 3.15. The van der Waals surface area contributed by atoms with Gasteiger partial charge >= 0.3 is 6.18 Å². The minimum absolute atomic E-state index is 0.0461. The maximum absolute atomic E-state index is 13.4. The normalized spacial score (nSPS) is 14.6. The van der Waals surface area contributed by atoms with E-state index in [2.05, 4.69) is 5.32 Å². The number of carbonyl (C=O) groups excluding carboxylic acids is 1. The highest BCUT2D eigenvalue weighted by Crippen LogP contribution is 2.33. The number of alkyl halides is 3. The Hall–Kier alpha value is -2.73. The van der Waals surface area contributed by atoms with Gasteiger partial charge in [-0.05, 0) is 32.1 Å². The monoisotopic (exact) mass is 449 g/mol. The van der Waals surface area contributed by atoms with Gasteiger partial charge in [0.05, 0.1) is 5.69 Å². The number of hydrogen-bond donors (Lipinski definition) is 2. The largest absolute Gasteiger partial charge is 0.404 e. The molecule has 6 nitrogen and oxygen atoms in total. The molecule has 0 fully saturated rings. The van der Waals surface area contributed by atoms with Crippen LogP contribution in [0.15, 0.2) is 29.2 Å². The van der Waals surface area contributed by atoms with Crippen molar-refractivity contribution in [2.24, 2.45) is 0 Å². The van der Waals surface area contributed by atoms with Gasteiger partial charge in [0.25, 0.3) is 5.91 Å². The molecule has 2 heterocycles. The van der Waals surface area contributed by atoms with E-state index < -0.39 is 44.7 Å². The Bertz CT molecular complexity index is 1150. The van der Waals surface area contributed by atoms with Crippen LogP contribution >= 0.6 is 0 Å². The van der Waals surface area contributed by atoms with E-state index in [1.165, 1.54) is 23.6 Å². The molecule has 0 spiro atoms. The number of aromatic nitrogens is 1. The van der Waals surface area contributed by atoms with E-state index >= 15 is 0 Å². The fraction of sp³-hybridized carbons (Fsp3) is 0.278. The van der Waals surface area contributed by atoms with E-state index in [0.29, 0.717) is 6.92 Å². The second-order valence-electron chi connectivity index (χ2n) is 6.67. The molecule has 1 aromatic heterocycles. The number of benzene rings is 1. The highest BCUT2D eigenvalue weighted by Gasteiger charge is 2.41. The van der Waals surface area contributed by atoms with Gasteiger partial charge < -0.3 is 9.88 Å². The maximum Gasteiger partial charge on any atom is 0.404 e. The molecule has 0 bridgehead atoms. The lowest BCUT2D eigenvalue weighted by Gasteiger charge is -2.17. The summed E-state index contributed by atoms with van der Waals surface area (Å²) >= 11 is 0. The number of carbonyl (C=O) groups is 1. The van der Waals surface area contributed by atoms with Gasteiger partial charge in [0.15, 0.2) is 11.6 Å². The Morgan fingerprint density at radius 1 is 1.20 bits per heavy atom. The standard InChI is InChI=1S/C18H16F5N3O3S/c1-9-15(17(27)24-11-5-6-12(19)13(20)8-11)26-7-3-4-14(26)16(9)30(28,29)25-10(2)18(21,22)23/h3-6,8,10,25H,7H2,1-2H3,(H,24,27). The SMILES string of the molecule is Cc1c(S(=O)(=O)NC(C)C(F)(F)F)c2n(c1C(=O)Nc1ccc(F)c(F)c1)CC=C2. The third kappa shape index (κ3) is 3.97. The van der Waals surface area contributed by atoms with Crippen molar-refractivity contribution in [3.8, 4) is 0 Å². The molecule has 12 heteroatoms. The van der Waals surface area contributed by atoms with Gasteiger partial charge in [-0.15, -0.1) is 0 Å². The molecule has 1 aromatic carbocycles. The Morgan fingerprint density at radius 3 is 2.47 bits per heavy atom. The first kappa shape index (κ1) is 22.0. The molecule has 1 atom stereocenters. The number of nitrogens with one attached hydrogen (secondary N) is 2. The summed E-state index contributed by atoms with van der Waals surface area (Å²) in [6.45, 7) is 2.06. The zero-order chi connectivity index (χ0) is 22.4. The first-order valence-corrected chi connectivity index (χ1v) is 10.1. The van der Waals surface area contributed by atoms with Crippen LogP contribution in [-0.2, 0) is 16.6 Å². The van der Waals surface area contributed by atoms with E-state index in [4.69, 9.17) is 0 Å². The molecule has 1 aliphatic rings. The van der Waals surface area contributed by atoms with Gasteiger partial charge in [-0.3, -0.25) is 4.79 Å². The highest BCUT2D eigenvalue weighted by atomic mass is 32.2. The third-order valence-corrected chi connectivity index (χ3v) is 6.25. The lowest BCUT2D eigenvalue weighted by atomic mass is 10.2. The van der Waals surface area contributed by atoms with E-state index in [-0.39, 0.29) is 29.2 Å². The lowest BCUT2D eigenvalue weighted by Crippen LogP contribution is -2.43. The Kier molecular flexibility index (Phi) is 5.50. The van der Waals surface area contributed by atoms with Gasteiger partial charge in [-0.1, -0.05) is 6.08 Å². The minimum Gasteiger partial charge on any atom is -0.332 e. The average molecular weight is 449 g/mol. The Balaban J connectivity index is 2.01. The molecule has 3 rings (SSSR count). The zero-order valence-electron chi connectivity index (χ0n) is 15.6. The summed E-state index contributed by atoms with van der Waals surface area (Å²) in [6, 6.07) is 0.323. The summed E-state index contributed by atoms with van der Waals surface area (Å²) < 4.78 is 93.2. The maximum atomic E-state index is 13.4. The number of rotatable bonds is 5. The predicted molar refractivity (Wildman–Crippen MR) is 98.4 cm³/mol. The van der Waals surface area contributed by atoms with Crippen LogP contribution in [0, 0.1) is 18.6 Å². The van der Waals surface area contributed by atoms with Crippen LogP contribution in [0.4, 0.5) is 27.6 Å². The molecule has 1 aliphatic heterocycles. The predicted octanol–water partition coefficient (Wildman–Crippen LogP) is 3.58. The van der Waals surface area contributed by atoms with Crippen LogP contribution in [0.1, 0.15) is 28.7 Å². The van der Waals surface area contributed by atoms with Crippen LogP contribution in [0.2, 0.25) is 0 Å². The molecule has 0 saturated carbocycles. The van der Waals surface area contributed by atoms with E-state index in [1.807, 2.05) is 0 Å². The van der Waals surface area contributed by atoms with Crippen molar-refractivity contribution in [1.82, 2.24) is 9.29 Å². The number of hydrogen-bond acceptors (Lipinski definition) is 3. The summed E-state index contributed by atoms with van der Waals surface area (Å²) in [5.41, 5.74) is -0.228. The molecule has 0 aliphatic carbocycles. The molecule has 30 heavy (non-hydrogen) atoms. The smallest absolute Gasteiger partial charge is 0.332 e. The molecule has 2 aromatic rings. The van der Waals surface area contributed by atoms with Crippen LogP contribution in [0.3, 0.4) is 0 Å². The fourth-order valence-corrected chi connectivity index (χ4v) is 4.80. The van der Waals surface area contributed by atoms with Crippen LogP contribution in [0.5, 0.6) is 0 Å². The molecule has 1 amide bonds. The van der Waals surface area contributed by atoms with E-state index in [0.717, 1.165) is 18.2 Å². The number of allylic oxidation sites excluding steroid dienone is 1. The topological polar surface area (TPSA) is 80.2 Å². The van der Waals surface area contributed by atoms with Crippen molar-refractivity contribution in [1.29, 1.82) is 0 Å². The van der Waals surface area contributed by atoms with Crippen LogP contribution in [0.25, 0.3) is 6.08 Å². The second kappa shape index (κ2) is 7.51. The highest BCUT2D eigenvalue weighted by molar-refractivity contribution is 7.89. The van der Waals surface area contributed by atoms with E-state index in [1.54, 1.807) is 4.72 Å². The first-order chi connectivity index (χ1) is 13.8. The van der Waals surface area contributed by atoms with Gasteiger partial charge in [0.2, 0.25) is 10.0 Å². The Morgan fingerprint density at radius 2 is 1.87 bits per heavy atom. The van der Waals surface area contributed by atoms with Crippen molar-refractivity contribution < 1.29 is 35.2 Å². The number of amides is 1. The van der Waals surface area contributed by atoms with Crippen molar-refractivity contribution in [3.63, 3.8) is 0 Å². The zero-order valence-corrected chi connectivity index (χ0v) is 16.5. The quantitative estimate of drug-likeness (QED) is 0.685. The lowest BCUT2D eigenvalue weighted by molar-refractivity contribution is -0.147. The van der Waals surface area contributed by atoms with Crippen molar-refractivity contribution in [2.45, 2.75) is 37.5 Å². The number of nitrogens with zero attached hydrogens (tertiary/aromatic N) is 1. The number of sulfonamides is 1. The molecular formula is C18H16F5N3O3S. The molecular weight excluding hydrogens is 433 g/mol. The molecule has 0 radical (unpaired) electrons. The summed E-state index contributed by atoms with van der Waals surface area (Å²) in [6.07, 6.45) is -1.88. The number of anilines is 1. The first-order valence-electron chi connectivity index (χ1n) is 8.58. The van der Waals surface area contributed by atoms with Crippen molar-refractivity contribution in [3.05, 3.63) is 52.9 Å². The van der Waals surface area contributed by atoms with Gasteiger partial charge in [0.1, 0.15) is 16.6 Å². The third-order valence-electron chi connectivity index (χ3n) is 4.54. The number of halogens is 5. The minimum atomic E-state index is -4.80. The number of fused-ring (bicyclic) bond motifs is 1.